The van der Waals surface area contributed by atoms with Crippen LogP contribution in [0, 0.1) is 0 Å². The van der Waals surface area contributed by atoms with Crippen molar-refractivity contribution in [2.45, 2.75) is 13.1 Å². The van der Waals surface area contributed by atoms with Crippen molar-refractivity contribution in [2.24, 2.45) is 0 Å². The molecule has 1 fully saturated rings. The number of morpholine rings is 1. The van der Waals surface area contributed by atoms with Gasteiger partial charge >= 0.3 is 0 Å². The number of aromatic nitrogens is 3. The average molecular weight is 462 g/mol. The van der Waals surface area contributed by atoms with E-state index in [0.29, 0.717) is 11.6 Å². The maximum absolute atomic E-state index is 13.5. The fourth-order valence-corrected chi connectivity index (χ4v) is 4.27. The van der Waals surface area contributed by atoms with E-state index in [0.717, 1.165) is 54.3 Å². The quantitative estimate of drug-likeness (QED) is 0.431. The molecular formula is C25H24ClN5O2. The van der Waals surface area contributed by atoms with Crippen LogP contribution in [0.2, 0.25) is 5.02 Å². The van der Waals surface area contributed by atoms with E-state index in [1.807, 2.05) is 60.7 Å². The molecule has 0 atom stereocenters. The molecule has 7 nitrogen and oxygen atoms in total. The first-order chi connectivity index (χ1) is 16.2. The molecular weight excluding hydrogens is 438 g/mol. The van der Waals surface area contributed by atoms with E-state index in [9.17, 15) is 4.79 Å². The summed E-state index contributed by atoms with van der Waals surface area (Å²) >= 11 is 6.20. The Morgan fingerprint density at radius 1 is 1.00 bits per heavy atom. The third-order valence-corrected chi connectivity index (χ3v) is 6.01. The Balaban J connectivity index is 1.42. The number of rotatable bonds is 6. The van der Waals surface area contributed by atoms with Gasteiger partial charge in [-0.15, -0.1) is 5.10 Å². The lowest BCUT2D eigenvalue weighted by Gasteiger charge is -2.29. The highest BCUT2D eigenvalue weighted by Gasteiger charge is 2.20. The summed E-state index contributed by atoms with van der Waals surface area (Å²) in [4.78, 5) is 17.6. The molecule has 1 aliphatic heterocycles. The molecule has 0 spiro atoms. The summed E-state index contributed by atoms with van der Waals surface area (Å²) in [6, 6.07) is 23.3. The highest BCUT2D eigenvalue weighted by Crippen LogP contribution is 2.24. The number of anilines is 2. The minimum absolute atomic E-state index is 0.0789. The highest BCUT2D eigenvalue weighted by molar-refractivity contribution is 6.30. The predicted molar refractivity (Wildman–Crippen MR) is 130 cm³/mol. The summed E-state index contributed by atoms with van der Waals surface area (Å²) in [5, 5.41) is 9.00. The van der Waals surface area contributed by atoms with E-state index in [1.165, 1.54) is 0 Å². The number of fused-ring (bicyclic) bond motifs is 1. The zero-order chi connectivity index (χ0) is 22.6. The van der Waals surface area contributed by atoms with Gasteiger partial charge in [-0.1, -0.05) is 41.1 Å². The van der Waals surface area contributed by atoms with Crippen LogP contribution in [0.4, 0.5) is 11.4 Å². The van der Waals surface area contributed by atoms with Crippen molar-refractivity contribution in [3.8, 4) is 0 Å². The number of halogens is 1. The molecule has 2 heterocycles. The second-order valence-corrected chi connectivity index (χ2v) is 8.40. The van der Waals surface area contributed by atoms with Crippen molar-refractivity contribution in [1.29, 1.82) is 0 Å². The van der Waals surface area contributed by atoms with E-state index in [4.69, 9.17) is 16.3 Å². The zero-order valence-electron chi connectivity index (χ0n) is 18.1. The Bertz CT molecular complexity index is 1250. The molecule has 1 aliphatic rings. The molecule has 168 valence electrons. The molecule has 8 heteroatoms. The molecule has 3 aromatic carbocycles. The minimum Gasteiger partial charge on any atom is -0.378 e. The number of nitrogens with zero attached hydrogens (tertiary/aromatic N) is 5. The molecule has 33 heavy (non-hydrogen) atoms. The summed E-state index contributed by atoms with van der Waals surface area (Å²) in [5.41, 5.74) is 4.50. The van der Waals surface area contributed by atoms with Crippen LogP contribution in [0.1, 0.15) is 5.56 Å². The van der Waals surface area contributed by atoms with Gasteiger partial charge in [-0.2, -0.15) is 0 Å². The van der Waals surface area contributed by atoms with Gasteiger partial charge < -0.3 is 14.5 Å². The first kappa shape index (κ1) is 21.4. The average Bonchev–Trinajstić information content (AvgIpc) is 3.26. The van der Waals surface area contributed by atoms with Crippen molar-refractivity contribution in [3.05, 3.63) is 83.4 Å². The van der Waals surface area contributed by atoms with E-state index < -0.39 is 0 Å². The molecule has 4 aromatic rings. The van der Waals surface area contributed by atoms with Crippen LogP contribution in [-0.4, -0.2) is 47.2 Å². The highest BCUT2D eigenvalue weighted by atomic mass is 35.5. The smallest absolute Gasteiger partial charge is 0.249 e. The van der Waals surface area contributed by atoms with Crippen LogP contribution < -0.4 is 9.80 Å². The Kier molecular flexibility index (Phi) is 6.24. The largest absolute Gasteiger partial charge is 0.378 e. The first-order valence-corrected chi connectivity index (χ1v) is 11.3. The van der Waals surface area contributed by atoms with E-state index in [1.54, 1.807) is 9.58 Å². The first-order valence-electron chi connectivity index (χ1n) is 10.9. The van der Waals surface area contributed by atoms with Crippen molar-refractivity contribution in [3.63, 3.8) is 0 Å². The van der Waals surface area contributed by atoms with Crippen molar-refractivity contribution < 1.29 is 9.53 Å². The van der Waals surface area contributed by atoms with Gasteiger partial charge in [-0.05, 0) is 54.1 Å². The Labute approximate surface area is 197 Å². The number of para-hydroxylation sites is 1. The van der Waals surface area contributed by atoms with Gasteiger partial charge in [0.2, 0.25) is 5.91 Å². The van der Waals surface area contributed by atoms with E-state index in [-0.39, 0.29) is 12.5 Å². The van der Waals surface area contributed by atoms with Gasteiger partial charge in [0.15, 0.2) is 0 Å². The number of carbonyl (C=O) groups excluding carboxylic acids is 1. The minimum atomic E-state index is -0.0789. The topological polar surface area (TPSA) is 63.5 Å². The molecule has 5 rings (SSSR count). The Morgan fingerprint density at radius 3 is 2.58 bits per heavy atom. The second kappa shape index (κ2) is 9.60. The maximum atomic E-state index is 13.5. The van der Waals surface area contributed by atoms with Gasteiger partial charge in [-0.3, -0.25) is 4.79 Å². The SMILES string of the molecule is O=C(Cn1nnc2ccccc21)N(Cc1cccc(Cl)c1)c1ccc(N2CCOCC2)cc1. The molecule has 0 radical (unpaired) electrons. The van der Waals surface area contributed by atoms with Gasteiger partial charge in [0.1, 0.15) is 12.1 Å². The van der Waals surface area contributed by atoms with Crippen LogP contribution in [0.15, 0.2) is 72.8 Å². The number of hydrogen-bond acceptors (Lipinski definition) is 5. The number of ether oxygens (including phenoxy) is 1. The fourth-order valence-electron chi connectivity index (χ4n) is 4.05. The number of carbonyl (C=O) groups is 1. The molecule has 0 N–H and O–H groups in total. The normalized spacial score (nSPS) is 13.9. The fraction of sp³-hybridized carbons (Fsp3) is 0.240. The van der Waals surface area contributed by atoms with Crippen molar-refractivity contribution >= 4 is 39.9 Å². The van der Waals surface area contributed by atoms with Crippen LogP contribution in [0.3, 0.4) is 0 Å². The molecule has 1 amide bonds. The third-order valence-electron chi connectivity index (χ3n) is 5.77. The van der Waals surface area contributed by atoms with E-state index in [2.05, 4.69) is 27.3 Å². The number of amides is 1. The number of benzene rings is 3. The summed E-state index contributed by atoms with van der Waals surface area (Å²) in [7, 11) is 0. The lowest BCUT2D eigenvalue weighted by Crippen LogP contribution is -2.36. The Hall–Kier alpha value is -3.42. The van der Waals surface area contributed by atoms with Crippen LogP contribution in [-0.2, 0) is 22.6 Å². The lowest BCUT2D eigenvalue weighted by atomic mass is 10.1. The zero-order valence-corrected chi connectivity index (χ0v) is 18.9. The molecule has 0 bridgehead atoms. The van der Waals surface area contributed by atoms with Crippen LogP contribution in [0.5, 0.6) is 0 Å². The van der Waals surface area contributed by atoms with Crippen LogP contribution >= 0.6 is 11.6 Å². The predicted octanol–water partition coefficient (Wildman–Crippen LogP) is 4.15. The summed E-state index contributed by atoms with van der Waals surface area (Å²) in [5.74, 6) is -0.0789. The van der Waals surface area contributed by atoms with Crippen LogP contribution in [0.25, 0.3) is 11.0 Å². The molecule has 1 saturated heterocycles. The molecule has 0 unspecified atom stereocenters. The molecule has 0 saturated carbocycles. The number of hydrogen-bond donors (Lipinski definition) is 0. The van der Waals surface area contributed by atoms with Gasteiger partial charge in [0.25, 0.3) is 0 Å². The van der Waals surface area contributed by atoms with Gasteiger partial charge in [0, 0.05) is 29.5 Å². The summed E-state index contributed by atoms with van der Waals surface area (Å²) < 4.78 is 7.10. The molecule has 1 aromatic heterocycles. The second-order valence-electron chi connectivity index (χ2n) is 7.96. The Morgan fingerprint density at radius 2 is 1.79 bits per heavy atom. The van der Waals surface area contributed by atoms with Gasteiger partial charge in [0.05, 0.1) is 25.3 Å². The summed E-state index contributed by atoms with van der Waals surface area (Å²) in [6.45, 7) is 3.68. The standard InChI is InChI=1S/C25H24ClN5O2/c26-20-5-3-4-19(16-20)17-30(22-10-8-21(9-11-22)29-12-14-33-15-13-29)25(32)18-31-24-7-2-1-6-23(24)27-28-31/h1-11,16H,12-15,17-18H2. The van der Waals surface area contributed by atoms with Crippen molar-refractivity contribution in [2.75, 3.05) is 36.1 Å². The summed E-state index contributed by atoms with van der Waals surface area (Å²) in [6.07, 6.45) is 0. The van der Waals surface area contributed by atoms with Gasteiger partial charge in [-0.25, -0.2) is 4.68 Å². The monoisotopic (exact) mass is 461 g/mol. The van der Waals surface area contributed by atoms with Crippen molar-refractivity contribution in [1.82, 2.24) is 15.0 Å². The molecule has 0 aliphatic carbocycles. The maximum Gasteiger partial charge on any atom is 0.249 e. The third kappa shape index (κ3) is 4.84. The lowest BCUT2D eigenvalue weighted by molar-refractivity contribution is -0.119. The van der Waals surface area contributed by atoms with E-state index >= 15 is 0 Å².